The summed E-state index contributed by atoms with van der Waals surface area (Å²) in [4.78, 5) is 11.0. The van der Waals surface area contributed by atoms with Gasteiger partial charge in [0.2, 0.25) is 0 Å². The highest BCUT2D eigenvalue weighted by atomic mass is 16.1. The predicted octanol–water partition coefficient (Wildman–Crippen LogP) is 3.10. The minimum Gasteiger partial charge on any atom is -0.300 e. The summed E-state index contributed by atoms with van der Waals surface area (Å²) in [7, 11) is 0. The lowest BCUT2D eigenvalue weighted by Crippen LogP contribution is -1.94. The Hall–Kier alpha value is -0.590. The van der Waals surface area contributed by atoms with E-state index in [2.05, 4.69) is 19.1 Å². The van der Waals surface area contributed by atoms with Gasteiger partial charge in [0.25, 0.3) is 0 Å². The number of allylic oxidation sites excluding steroid dienone is 2. The van der Waals surface area contributed by atoms with E-state index in [0.29, 0.717) is 5.78 Å². The van der Waals surface area contributed by atoms with Crippen LogP contribution in [0.1, 0.15) is 46.0 Å². The van der Waals surface area contributed by atoms with Gasteiger partial charge in [0, 0.05) is 12.8 Å². The van der Waals surface area contributed by atoms with Gasteiger partial charge in [-0.3, -0.25) is 4.79 Å². The minimum atomic E-state index is 0.397. The molecule has 0 radical (unpaired) electrons. The van der Waals surface area contributed by atoms with Crippen molar-refractivity contribution in [2.75, 3.05) is 0 Å². The molecule has 0 fully saturated rings. The zero-order chi connectivity index (χ0) is 8.53. The Morgan fingerprint density at radius 3 is 2.45 bits per heavy atom. The Morgan fingerprint density at radius 1 is 1.18 bits per heavy atom. The van der Waals surface area contributed by atoms with Crippen LogP contribution in [-0.2, 0) is 4.79 Å². The highest BCUT2D eigenvalue weighted by molar-refractivity contribution is 5.78. The second-order valence-electron chi connectivity index (χ2n) is 2.71. The Balaban J connectivity index is 3.24. The molecule has 0 unspecified atom stereocenters. The summed E-state index contributed by atoms with van der Waals surface area (Å²) in [6, 6.07) is 0. The van der Waals surface area contributed by atoms with Crippen LogP contribution in [0.3, 0.4) is 0 Å². The molecule has 0 atom stereocenters. The van der Waals surface area contributed by atoms with Crippen LogP contribution < -0.4 is 0 Å². The summed E-state index contributed by atoms with van der Waals surface area (Å²) in [6.45, 7) is 4.14. The fourth-order valence-electron chi connectivity index (χ4n) is 0.933. The van der Waals surface area contributed by atoms with E-state index in [9.17, 15) is 4.79 Å². The van der Waals surface area contributed by atoms with Crippen molar-refractivity contribution < 1.29 is 4.79 Å². The first-order valence-electron chi connectivity index (χ1n) is 4.48. The van der Waals surface area contributed by atoms with Crippen LogP contribution >= 0.6 is 0 Å². The van der Waals surface area contributed by atoms with E-state index in [1.165, 1.54) is 0 Å². The standard InChI is InChI=1S/C10H18O/c1-3-5-6-7-9-10(11)8-4-2/h5-6H,3-4,7-9H2,1-2H3/b6-5-. The van der Waals surface area contributed by atoms with Crippen LogP contribution in [0.4, 0.5) is 0 Å². The first kappa shape index (κ1) is 10.4. The van der Waals surface area contributed by atoms with E-state index < -0.39 is 0 Å². The Labute approximate surface area is 69.5 Å². The summed E-state index contributed by atoms with van der Waals surface area (Å²) >= 11 is 0. The van der Waals surface area contributed by atoms with E-state index >= 15 is 0 Å². The first-order chi connectivity index (χ1) is 5.31. The molecule has 0 aliphatic carbocycles. The van der Waals surface area contributed by atoms with Crippen LogP contribution in [0.15, 0.2) is 12.2 Å². The third-order valence-corrected chi connectivity index (χ3v) is 1.52. The first-order valence-corrected chi connectivity index (χ1v) is 4.48. The molecule has 0 amide bonds. The molecular weight excluding hydrogens is 136 g/mol. The van der Waals surface area contributed by atoms with Crippen LogP contribution in [0, 0.1) is 0 Å². The Kier molecular flexibility index (Phi) is 7.11. The monoisotopic (exact) mass is 154 g/mol. The molecule has 1 heteroatoms. The summed E-state index contributed by atoms with van der Waals surface area (Å²) in [6.07, 6.45) is 8.65. The van der Waals surface area contributed by atoms with E-state index in [4.69, 9.17) is 0 Å². The number of Topliss-reactive ketones (excluding diaryl/α,β-unsaturated/α-hetero) is 1. The summed E-state index contributed by atoms with van der Waals surface area (Å²) in [5, 5.41) is 0. The lowest BCUT2D eigenvalue weighted by Gasteiger charge is -1.93. The molecule has 0 saturated heterocycles. The van der Waals surface area contributed by atoms with Gasteiger partial charge in [0.1, 0.15) is 5.78 Å². The van der Waals surface area contributed by atoms with Crippen molar-refractivity contribution >= 4 is 5.78 Å². The molecule has 0 N–H and O–H groups in total. The fraction of sp³-hybridized carbons (Fsp3) is 0.700. The molecule has 64 valence electrons. The van der Waals surface area contributed by atoms with Gasteiger partial charge < -0.3 is 0 Å². The van der Waals surface area contributed by atoms with Crippen molar-refractivity contribution in [1.29, 1.82) is 0 Å². The third-order valence-electron chi connectivity index (χ3n) is 1.52. The van der Waals surface area contributed by atoms with E-state index in [0.717, 1.165) is 32.1 Å². The maximum absolute atomic E-state index is 11.0. The maximum Gasteiger partial charge on any atom is 0.133 e. The number of carbonyl (C=O) groups is 1. The molecule has 0 saturated carbocycles. The molecule has 0 aromatic heterocycles. The van der Waals surface area contributed by atoms with E-state index in [-0.39, 0.29) is 0 Å². The highest BCUT2D eigenvalue weighted by Crippen LogP contribution is 1.99. The summed E-state index contributed by atoms with van der Waals surface area (Å²) in [5.41, 5.74) is 0. The van der Waals surface area contributed by atoms with Gasteiger partial charge >= 0.3 is 0 Å². The molecule has 11 heavy (non-hydrogen) atoms. The topological polar surface area (TPSA) is 17.1 Å². The normalized spacial score (nSPS) is 10.7. The van der Waals surface area contributed by atoms with Crippen molar-refractivity contribution in [3.8, 4) is 0 Å². The number of carbonyl (C=O) groups excluding carboxylic acids is 1. The Bertz CT molecular complexity index is 125. The van der Waals surface area contributed by atoms with Gasteiger partial charge in [-0.1, -0.05) is 26.0 Å². The predicted molar refractivity (Wildman–Crippen MR) is 48.6 cm³/mol. The average Bonchev–Trinajstić information content (AvgIpc) is 1.99. The summed E-state index contributed by atoms with van der Waals surface area (Å²) in [5.74, 6) is 0.397. The van der Waals surface area contributed by atoms with Gasteiger partial charge in [-0.2, -0.15) is 0 Å². The number of hydrogen-bond donors (Lipinski definition) is 0. The van der Waals surface area contributed by atoms with Crippen molar-refractivity contribution in [3.63, 3.8) is 0 Å². The number of hydrogen-bond acceptors (Lipinski definition) is 1. The van der Waals surface area contributed by atoms with E-state index in [1.807, 2.05) is 6.92 Å². The van der Waals surface area contributed by atoms with Crippen LogP contribution in [-0.4, -0.2) is 5.78 Å². The second-order valence-corrected chi connectivity index (χ2v) is 2.71. The Morgan fingerprint density at radius 2 is 1.91 bits per heavy atom. The van der Waals surface area contributed by atoms with Gasteiger partial charge in [-0.25, -0.2) is 0 Å². The average molecular weight is 154 g/mol. The van der Waals surface area contributed by atoms with Crippen molar-refractivity contribution in [2.45, 2.75) is 46.0 Å². The largest absolute Gasteiger partial charge is 0.300 e. The smallest absolute Gasteiger partial charge is 0.133 e. The number of ketones is 1. The lowest BCUT2D eigenvalue weighted by atomic mass is 10.1. The highest BCUT2D eigenvalue weighted by Gasteiger charge is 1.96. The van der Waals surface area contributed by atoms with Gasteiger partial charge in [0.15, 0.2) is 0 Å². The van der Waals surface area contributed by atoms with Crippen LogP contribution in [0.2, 0.25) is 0 Å². The zero-order valence-corrected chi connectivity index (χ0v) is 7.60. The molecule has 0 heterocycles. The molecule has 0 rings (SSSR count). The van der Waals surface area contributed by atoms with Gasteiger partial charge in [-0.05, 0) is 19.3 Å². The third kappa shape index (κ3) is 7.31. The zero-order valence-electron chi connectivity index (χ0n) is 7.60. The van der Waals surface area contributed by atoms with E-state index in [1.54, 1.807) is 0 Å². The summed E-state index contributed by atoms with van der Waals surface area (Å²) < 4.78 is 0. The SMILES string of the molecule is CC/C=C\CCC(=O)CCC. The van der Waals surface area contributed by atoms with Crippen molar-refractivity contribution in [3.05, 3.63) is 12.2 Å². The fourth-order valence-corrected chi connectivity index (χ4v) is 0.933. The molecule has 0 aliphatic rings. The van der Waals surface area contributed by atoms with Gasteiger partial charge in [-0.15, -0.1) is 0 Å². The molecule has 0 bridgehead atoms. The minimum absolute atomic E-state index is 0.397. The molecular formula is C10H18O. The van der Waals surface area contributed by atoms with Crippen LogP contribution in [0.5, 0.6) is 0 Å². The quantitative estimate of drug-likeness (QED) is 0.537. The molecule has 0 aromatic rings. The second kappa shape index (κ2) is 7.52. The lowest BCUT2D eigenvalue weighted by molar-refractivity contribution is -0.119. The van der Waals surface area contributed by atoms with Crippen molar-refractivity contribution in [2.24, 2.45) is 0 Å². The molecule has 0 aliphatic heterocycles. The molecule has 1 nitrogen and oxygen atoms in total. The molecule has 0 spiro atoms. The number of rotatable bonds is 6. The molecule has 0 aromatic carbocycles. The maximum atomic E-state index is 11.0. The van der Waals surface area contributed by atoms with Crippen molar-refractivity contribution in [1.82, 2.24) is 0 Å². The van der Waals surface area contributed by atoms with Crippen LogP contribution in [0.25, 0.3) is 0 Å². The van der Waals surface area contributed by atoms with Gasteiger partial charge in [0.05, 0.1) is 0 Å².